The SMILES string of the molecule is COc1nc(C)c2c(c1C(=O)O)CCCC2. The largest absolute Gasteiger partial charge is 0.480 e. The van der Waals surface area contributed by atoms with Gasteiger partial charge in [-0.15, -0.1) is 0 Å². The molecule has 0 bridgehead atoms. The number of fused-ring (bicyclic) bond motifs is 1. The summed E-state index contributed by atoms with van der Waals surface area (Å²) in [6.07, 6.45) is 3.90. The zero-order valence-corrected chi connectivity index (χ0v) is 9.54. The molecule has 1 heterocycles. The number of ether oxygens (including phenoxy) is 1. The lowest BCUT2D eigenvalue weighted by atomic mass is 9.88. The van der Waals surface area contributed by atoms with Crippen molar-refractivity contribution < 1.29 is 14.6 Å². The Kier molecular flexibility index (Phi) is 2.81. The van der Waals surface area contributed by atoms with Crippen molar-refractivity contribution in [2.24, 2.45) is 0 Å². The van der Waals surface area contributed by atoms with Crippen LogP contribution in [0.5, 0.6) is 5.88 Å². The number of aromatic carboxylic acids is 1. The Bertz CT molecular complexity index is 440. The molecule has 0 fully saturated rings. The lowest BCUT2D eigenvalue weighted by Gasteiger charge is -2.20. The molecule has 0 aliphatic heterocycles. The molecule has 1 aromatic heterocycles. The molecular formula is C12H15NO3. The molecule has 2 rings (SSSR count). The predicted octanol–water partition coefficient (Wildman–Crippen LogP) is 1.98. The summed E-state index contributed by atoms with van der Waals surface area (Å²) in [7, 11) is 1.46. The van der Waals surface area contributed by atoms with E-state index >= 15 is 0 Å². The van der Waals surface area contributed by atoms with Crippen LogP contribution in [0.3, 0.4) is 0 Å². The summed E-state index contributed by atoms with van der Waals surface area (Å²) >= 11 is 0. The fraction of sp³-hybridized carbons (Fsp3) is 0.500. The average molecular weight is 221 g/mol. The van der Waals surface area contributed by atoms with E-state index in [1.165, 1.54) is 7.11 Å². The quantitative estimate of drug-likeness (QED) is 0.829. The second kappa shape index (κ2) is 4.12. The lowest BCUT2D eigenvalue weighted by Crippen LogP contribution is -2.15. The van der Waals surface area contributed by atoms with E-state index in [0.717, 1.165) is 42.5 Å². The highest BCUT2D eigenvalue weighted by Crippen LogP contribution is 2.31. The monoisotopic (exact) mass is 221 g/mol. The fourth-order valence-corrected chi connectivity index (χ4v) is 2.35. The summed E-state index contributed by atoms with van der Waals surface area (Å²) in [5.74, 6) is -0.701. The minimum atomic E-state index is -0.942. The first-order valence-electron chi connectivity index (χ1n) is 5.44. The third-order valence-electron chi connectivity index (χ3n) is 3.10. The van der Waals surface area contributed by atoms with Crippen molar-refractivity contribution in [3.8, 4) is 5.88 Å². The van der Waals surface area contributed by atoms with Crippen molar-refractivity contribution in [3.05, 3.63) is 22.4 Å². The molecule has 0 saturated heterocycles. The smallest absolute Gasteiger partial charge is 0.341 e. The summed E-state index contributed by atoms with van der Waals surface area (Å²) in [5.41, 5.74) is 3.17. The number of pyridine rings is 1. The Morgan fingerprint density at radius 3 is 2.50 bits per heavy atom. The number of carboxylic acid groups (broad SMARTS) is 1. The normalized spacial score (nSPS) is 14.4. The van der Waals surface area contributed by atoms with Crippen molar-refractivity contribution in [1.82, 2.24) is 4.98 Å². The van der Waals surface area contributed by atoms with Gasteiger partial charge in [0, 0.05) is 5.69 Å². The summed E-state index contributed by atoms with van der Waals surface area (Å²) in [6.45, 7) is 1.91. The van der Waals surface area contributed by atoms with Gasteiger partial charge in [0.1, 0.15) is 5.56 Å². The van der Waals surface area contributed by atoms with Crippen LogP contribution in [0.2, 0.25) is 0 Å². The second-order valence-corrected chi connectivity index (χ2v) is 4.05. The molecule has 0 amide bonds. The maximum atomic E-state index is 11.2. The molecule has 0 unspecified atom stereocenters. The lowest BCUT2D eigenvalue weighted by molar-refractivity contribution is 0.0690. The highest BCUT2D eigenvalue weighted by Gasteiger charge is 2.24. The maximum absolute atomic E-state index is 11.2. The Balaban J connectivity index is 2.68. The van der Waals surface area contributed by atoms with Gasteiger partial charge >= 0.3 is 5.97 Å². The van der Waals surface area contributed by atoms with Crippen LogP contribution in [0.4, 0.5) is 0 Å². The number of hydrogen-bond acceptors (Lipinski definition) is 3. The molecule has 16 heavy (non-hydrogen) atoms. The van der Waals surface area contributed by atoms with Crippen LogP contribution >= 0.6 is 0 Å². The van der Waals surface area contributed by atoms with Gasteiger partial charge < -0.3 is 9.84 Å². The van der Waals surface area contributed by atoms with Gasteiger partial charge in [0.2, 0.25) is 5.88 Å². The van der Waals surface area contributed by atoms with E-state index in [0.29, 0.717) is 0 Å². The van der Waals surface area contributed by atoms with Crippen molar-refractivity contribution in [2.75, 3.05) is 7.11 Å². The van der Waals surface area contributed by atoms with Gasteiger partial charge in [0.05, 0.1) is 7.11 Å². The number of rotatable bonds is 2. The van der Waals surface area contributed by atoms with Crippen LogP contribution in [-0.4, -0.2) is 23.2 Å². The molecule has 4 heteroatoms. The predicted molar refractivity (Wildman–Crippen MR) is 59.1 cm³/mol. The van der Waals surface area contributed by atoms with E-state index in [9.17, 15) is 9.90 Å². The van der Waals surface area contributed by atoms with Crippen LogP contribution in [0.15, 0.2) is 0 Å². The molecule has 0 radical (unpaired) electrons. The van der Waals surface area contributed by atoms with Crippen molar-refractivity contribution in [3.63, 3.8) is 0 Å². The van der Waals surface area contributed by atoms with Crippen LogP contribution in [0.25, 0.3) is 0 Å². The van der Waals surface area contributed by atoms with Gasteiger partial charge in [-0.2, -0.15) is 0 Å². The van der Waals surface area contributed by atoms with E-state index in [1.54, 1.807) is 0 Å². The number of aryl methyl sites for hydroxylation is 1. The number of carbonyl (C=O) groups is 1. The third-order valence-corrected chi connectivity index (χ3v) is 3.10. The number of aromatic nitrogens is 1. The van der Waals surface area contributed by atoms with Gasteiger partial charge in [-0.3, -0.25) is 0 Å². The van der Waals surface area contributed by atoms with E-state index in [1.807, 2.05) is 6.92 Å². The first-order valence-corrected chi connectivity index (χ1v) is 5.44. The summed E-state index contributed by atoms with van der Waals surface area (Å²) in [5, 5.41) is 9.22. The third kappa shape index (κ3) is 1.64. The summed E-state index contributed by atoms with van der Waals surface area (Å²) in [6, 6.07) is 0. The van der Waals surface area contributed by atoms with Gasteiger partial charge in [-0.1, -0.05) is 0 Å². The van der Waals surface area contributed by atoms with Crippen molar-refractivity contribution in [1.29, 1.82) is 0 Å². The topological polar surface area (TPSA) is 59.4 Å². The zero-order valence-electron chi connectivity index (χ0n) is 9.54. The van der Waals surface area contributed by atoms with Crippen LogP contribution < -0.4 is 4.74 Å². The molecule has 1 N–H and O–H groups in total. The average Bonchev–Trinajstić information content (AvgIpc) is 2.28. The van der Waals surface area contributed by atoms with Crippen LogP contribution in [0, 0.1) is 6.92 Å². The molecule has 86 valence electrons. The zero-order chi connectivity index (χ0) is 11.7. The van der Waals surface area contributed by atoms with Gasteiger partial charge in [-0.25, -0.2) is 9.78 Å². The summed E-state index contributed by atoms with van der Waals surface area (Å²) < 4.78 is 5.06. The van der Waals surface area contributed by atoms with E-state index in [2.05, 4.69) is 4.98 Å². The number of hydrogen-bond donors (Lipinski definition) is 1. The molecule has 1 aromatic rings. The molecule has 4 nitrogen and oxygen atoms in total. The Labute approximate surface area is 94.3 Å². The standard InChI is InChI=1S/C12H15NO3/c1-7-8-5-3-4-6-9(8)10(12(14)15)11(13-7)16-2/h3-6H2,1-2H3,(H,14,15). The molecule has 1 aliphatic rings. The molecule has 1 aliphatic carbocycles. The molecule has 0 spiro atoms. The van der Waals surface area contributed by atoms with Gasteiger partial charge in [0.15, 0.2) is 0 Å². The molecule has 0 atom stereocenters. The highest BCUT2D eigenvalue weighted by atomic mass is 16.5. The maximum Gasteiger partial charge on any atom is 0.341 e. The van der Waals surface area contributed by atoms with Crippen LogP contribution in [0.1, 0.15) is 40.0 Å². The number of methoxy groups -OCH3 is 1. The molecule has 0 saturated carbocycles. The molecular weight excluding hydrogens is 206 g/mol. The number of carboxylic acids is 1. The van der Waals surface area contributed by atoms with Crippen LogP contribution in [-0.2, 0) is 12.8 Å². The number of nitrogens with zero attached hydrogens (tertiary/aromatic N) is 1. The highest BCUT2D eigenvalue weighted by molar-refractivity contribution is 5.92. The fourth-order valence-electron chi connectivity index (χ4n) is 2.35. The minimum Gasteiger partial charge on any atom is -0.480 e. The van der Waals surface area contributed by atoms with E-state index in [4.69, 9.17) is 4.74 Å². The second-order valence-electron chi connectivity index (χ2n) is 4.05. The Morgan fingerprint density at radius 1 is 1.31 bits per heavy atom. The van der Waals surface area contributed by atoms with E-state index in [-0.39, 0.29) is 11.4 Å². The first-order chi connectivity index (χ1) is 7.65. The van der Waals surface area contributed by atoms with Gasteiger partial charge in [0.25, 0.3) is 0 Å². The van der Waals surface area contributed by atoms with Crippen molar-refractivity contribution in [2.45, 2.75) is 32.6 Å². The summed E-state index contributed by atoms with van der Waals surface area (Å²) in [4.78, 5) is 15.5. The minimum absolute atomic E-state index is 0.241. The van der Waals surface area contributed by atoms with Crippen molar-refractivity contribution >= 4 is 5.97 Å². The molecule has 0 aromatic carbocycles. The Hall–Kier alpha value is -1.58. The van der Waals surface area contributed by atoms with E-state index < -0.39 is 5.97 Å². The Morgan fingerprint density at radius 2 is 1.94 bits per heavy atom. The van der Waals surface area contributed by atoms with Gasteiger partial charge in [-0.05, 0) is 43.7 Å². The first kappa shape index (κ1) is 10.9.